The first kappa shape index (κ1) is 7.32. The summed E-state index contributed by atoms with van der Waals surface area (Å²) in [4.78, 5) is 10.8. The predicted octanol–water partition coefficient (Wildman–Crippen LogP) is -1.75. The topological polar surface area (TPSA) is 108 Å². The first-order chi connectivity index (χ1) is 5.16. The van der Waals surface area contributed by atoms with Crippen molar-refractivity contribution in [2.24, 2.45) is 0 Å². The van der Waals surface area contributed by atoms with E-state index in [-0.39, 0.29) is 16.4 Å². The quantitative estimate of drug-likeness (QED) is 0.471. The summed E-state index contributed by atoms with van der Waals surface area (Å²) in [6.45, 7) is 0. The monoisotopic (exact) mass is 158 g/mol. The molecule has 0 saturated heterocycles. The van der Waals surface area contributed by atoms with Gasteiger partial charge in [-0.15, -0.1) is 0 Å². The van der Waals surface area contributed by atoms with E-state index < -0.39 is 5.91 Å². The van der Waals surface area contributed by atoms with Crippen molar-refractivity contribution < 1.29 is 14.3 Å². The number of hydrogen-bond acceptors (Lipinski definition) is 5. The van der Waals surface area contributed by atoms with Gasteiger partial charge in [0.1, 0.15) is 0 Å². The van der Waals surface area contributed by atoms with Gasteiger partial charge in [0.2, 0.25) is 0 Å². The lowest BCUT2D eigenvalue weighted by atomic mass is 10.4. The molecule has 1 heterocycles. The van der Waals surface area contributed by atoms with E-state index >= 15 is 0 Å². The lowest BCUT2D eigenvalue weighted by Crippen LogP contribution is -2.36. The minimum absolute atomic E-state index is 0.0475. The zero-order valence-corrected chi connectivity index (χ0v) is 5.70. The predicted molar refractivity (Wildman–Crippen MR) is 33.3 cm³/mol. The third-order valence-electron chi connectivity index (χ3n) is 1.08. The van der Waals surface area contributed by atoms with Crippen LogP contribution in [0.5, 0.6) is 0 Å². The molecule has 1 amide bonds. The first-order valence-corrected chi connectivity index (χ1v) is 2.74. The minimum atomic E-state index is -0.626. The molecule has 1 aromatic rings. The van der Waals surface area contributed by atoms with E-state index in [0.29, 0.717) is 0 Å². The zero-order chi connectivity index (χ0) is 8.43. The average Bonchev–Trinajstić information content (AvgIpc) is 2.30. The van der Waals surface area contributed by atoms with Crippen LogP contribution in [0.15, 0.2) is 4.63 Å². The summed E-state index contributed by atoms with van der Waals surface area (Å²) in [7, 11) is 1.37. The molecule has 0 spiro atoms. The highest BCUT2D eigenvalue weighted by Gasteiger charge is 2.22. The first-order valence-electron chi connectivity index (χ1n) is 2.74. The van der Waals surface area contributed by atoms with E-state index in [1.54, 1.807) is 0 Å². The highest BCUT2D eigenvalue weighted by atomic mass is 16.8. The highest BCUT2D eigenvalue weighted by Crippen LogP contribution is 2.00. The van der Waals surface area contributed by atoms with Crippen LogP contribution in [0, 0.1) is 5.21 Å². The van der Waals surface area contributed by atoms with Crippen LogP contribution >= 0.6 is 0 Å². The normalized spacial score (nSPS) is 9.55. The number of hydrogen-bond donors (Lipinski definition) is 2. The molecule has 0 aliphatic heterocycles. The molecule has 1 aromatic heterocycles. The Labute approximate surface area is 61.3 Å². The molecule has 0 unspecified atom stereocenters. The van der Waals surface area contributed by atoms with Gasteiger partial charge in [0.25, 0.3) is 0 Å². The van der Waals surface area contributed by atoms with Crippen molar-refractivity contribution >= 4 is 11.7 Å². The maximum Gasteiger partial charge on any atom is 0.318 e. The van der Waals surface area contributed by atoms with Crippen LogP contribution in [-0.2, 0) is 0 Å². The van der Waals surface area contributed by atoms with Crippen LogP contribution < -0.4 is 16.0 Å². The molecule has 0 aromatic carbocycles. The summed E-state index contributed by atoms with van der Waals surface area (Å²) in [5.41, 5.74) is 4.80. The number of amides is 1. The molecule has 0 aliphatic rings. The highest BCUT2D eigenvalue weighted by molar-refractivity contribution is 5.94. The van der Waals surface area contributed by atoms with E-state index in [4.69, 9.17) is 5.73 Å². The van der Waals surface area contributed by atoms with Crippen LogP contribution in [0.2, 0.25) is 0 Å². The molecule has 0 bridgehead atoms. The van der Waals surface area contributed by atoms with Gasteiger partial charge in [-0.2, -0.15) is 0 Å². The van der Waals surface area contributed by atoms with Gasteiger partial charge >= 0.3 is 17.4 Å². The molecule has 0 fully saturated rings. The molecule has 7 heteroatoms. The van der Waals surface area contributed by atoms with Crippen molar-refractivity contribution in [2.75, 3.05) is 12.8 Å². The molecule has 0 aliphatic carbocycles. The Hall–Kier alpha value is -1.79. The molecule has 11 heavy (non-hydrogen) atoms. The molecule has 0 radical (unpaired) electrons. The third kappa shape index (κ3) is 1.07. The lowest BCUT2D eigenvalue weighted by molar-refractivity contribution is -0.803. The fraction of sp³-hybridized carbons (Fsp3) is 0.250. The van der Waals surface area contributed by atoms with Crippen molar-refractivity contribution in [3.63, 3.8) is 0 Å². The van der Waals surface area contributed by atoms with Gasteiger partial charge in [-0.25, -0.2) is 0 Å². The summed E-state index contributed by atoms with van der Waals surface area (Å²) >= 11 is 0. The van der Waals surface area contributed by atoms with Gasteiger partial charge in [0.05, 0.1) is 5.16 Å². The number of carbonyl (C=O) groups excluding carboxylic acids is 1. The van der Waals surface area contributed by atoms with Crippen LogP contribution in [0.3, 0.4) is 0 Å². The number of anilines is 1. The van der Waals surface area contributed by atoms with Gasteiger partial charge in [-0.05, 0) is 4.90 Å². The number of nitrogens with one attached hydrogen (secondary N) is 1. The van der Waals surface area contributed by atoms with Gasteiger partial charge in [-0.1, -0.05) is 0 Å². The van der Waals surface area contributed by atoms with Crippen LogP contribution in [0.25, 0.3) is 0 Å². The van der Waals surface area contributed by atoms with Crippen LogP contribution in [0.4, 0.5) is 5.82 Å². The molecule has 3 N–H and O–H groups in total. The molecular weight excluding hydrogens is 152 g/mol. The van der Waals surface area contributed by atoms with E-state index in [1.165, 1.54) is 7.05 Å². The van der Waals surface area contributed by atoms with Crippen molar-refractivity contribution in [3.05, 3.63) is 10.9 Å². The SMILES string of the molecule is CNC(=O)c1c(N)no[n+]1[O-]. The van der Waals surface area contributed by atoms with E-state index in [1.807, 2.05) is 0 Å². The molecule has 0 saturated carbocycles. The fourth-order valence-electron chi connectivity index (χ4n) is 0.576. The van der Waals surface area contributed by atoms with Crippen molar-refractivity contribution in [3.8, 4) is 0 Å². The average molecular weight is 158 g/mol. The molecular formula is C4H6N4O3. The number of aromatic nitrogens is 2. The molecule has 60 valence electrons. The largest absolute Gasteiger partial charge is 0.359 e. The maximum absolute atomic E-state index is 10.8. The molecule has 7 nitrogen and oxygen atoms in total. The Balaban J connectivity index is 3.10. The van der Waals surface area contributed by atoms with Gasteiger partial charge in [-0.3, -0.25) is 9.42 Å². The van der Waals surface area contributed by atoms with Crippen LogP contribution in [-0.4, -0.2) is 18.1 Å². The molecule has 1 rings (SSSR count). The van der Waals surface area contributed by atoms with Gasteiger partial charge < -0.3 is 16.3 Å². The number of nitrogen functional groups attached to an aromatic ring is 1. The lowest BCUT2D eigenvalue weighted by Gasteiger charge is -1.92. The smallest absolute Gasteiger partial charge is 0.318 e. The standard InChI is InChI=1S/C4H6N4O3/c1-6-4(9)2-3(5)7-11-8(2)10/h1H3,(H2,5,7)(H,6,9). The Morgan fingerprint density at radius 3 is 2.91 bits per heavy atom. The Bertz CT molecular complexity index is 261. The Kier molecular flexibility index (Phi) is 1.63. The van der Waals surface area contributed by atoms with Gasteiger partial charge in [0, 0.05) is 7.05 Å². The second kappa shape index (κ2) is 2.45. The summed E-state index contributed by atoms with van der Waals surface area (Å²) in [5, 5.41) is 15.9. The Morgan fingerprint density at radius 2 is 2.55 bits per heavy atom. The van der Waals surface area contributed by atoms with Gasteiger partial charge in [0.15, 0.2) is 0 Å². The second-order valence-electron chi connectivity index (χ2n) is 1.74. The Morgan fingerprint density at radius 1 is 1.91 bits per heavy atom. The second-order valence-corrected chi connectivity index (χ2v) is 1.74. The van der Waals surface area contributed by atoms with Crippen molar-refractivity contribution in [1.82, 2.24) is 10.5 Å². The van der Waals surface area contributed by atoms with E-state index in [0.717, 1.165) is 0 Å². The number of rotatable bonds is 1. The van der Waals surface area contributed by atoms with Crippen molar-refractivity contribution in [1.29, 1.82) is 0 Å². The summed E-state index contributed by atoms with van der Waals surface area (Å²) in [6, 6.07) is 0. The summed E-state index contributed by atoms with van der Waals surface area (Å²) < 4.78 is 4.04. The zero-order valence-electron chi connectivity index (χ0n) is 5.70. The van der Waals surface area contributed by atoms with Crippen LogP contribution in [0.1, 0.15) is 10.5 Å². The fourth-order valence-corrected chi connectivity index (χ4v) is 0.576. The van der Waals surface area contributed by atoms with Crippen molar-refractivity contribution in [2.45, 2.75) is 0 Å². The minimum Gasteiger partial charge on any atom is -0.359 e. The number of nitrogens with two attached hydrogens (primary N) is 1. The third-order valence-corrected chi connectivity index (χ3v) is 1.08. The van der Waals surface area contributed by atoms with E-state index in [2.05, 4.69) is 15.1 Å². The summed E-state index contributed by atoms with van der Waals surface area (Å²) in [6.07, 6.45) is 0. The molecule has 0 atom stereocenters. The number of carbonyl (C=O) groups is 1. The summed E-state index contributed by atoms with van der Waals surface area (Å²) in [5.74, 6) is -0.849. The maximum atomic E-state index is 10.8. The number of nitrogens with zero attached hydrogens (tertiary/aromatic N) is 2. The van der Waals surface area contributed by atoms with E-state index in [9.17, 15) is 10.0 Å².